The summed E-state index contributed by atoms with van der Waals surface area (Å²) in [6, 6.07) is 10.6. The smallest absolute Gasteiger partial charge is 0.338 e. The van der Waals surface area contributed by atoms with Gasteiger partial charge in [0.15, 0.2) is 30.5 Å². The van der Waals surface area contributed by atoms with Crippen LogP contribution in [-0.2, 0) is 9.53 Å². The molecule has 0 aliphatic rings. The summed E-state index contributed by atoms with van der Waals surface area (Å²) in [5.41, 5.74) is 5.55. The zero-order chi connectivity index (χ0) is 19.8. The SMILES string of the molecule is COc1ccc(C(=O)COC(=O)c2ccc(OCC(N)=O)cc2)cc1OC. The third-order valence-corrected chi connectivity index (χ3v) is 3.51. The number of hydrogen-bond donors (Lipinski definition) is 1. The molecule has 0 aromatic heterocycles. The number of esters is 1. The molecule has 0 bridgehead atoms. The summed E-state index contributed by atoms with van der Waals surface area (Å²) >= 11 is 0. The molecule has 8 heteroatoms. The van der Waals surface area contributed by atoms with Crippen molar-refractivity contribution < 1.29 is 33.3 Å². The molecule has 8 nitrogen and oxygen atoms in total. The van der Waals surface area contributed by atoms with Crippen molar-refractivity contribution in [2.45, 2.75) is 0 Å². The number of nitrogens with two attached hydrogens (primary N) is 1. The van der Waals surface area contributed by atoms with Crippen LogP contribution in [-0.4, -0.2) is 45.1 Å². The van der Waals surface area contributed by atoms with Gasteiger partial charge in [-0.05, 0) is 42.5 Å². The summed E-state index contributed by atoms with van der Waals surface area (Å²) < 4.78 is 20.4. The Morgan fingerprint density at radius 2 is 1.48 bits per heavy atom. The van der Waals surface area contributed by atoms with E-state index < -0.39 is 18.5 Å². The van der Waals surface area contributed by atoms with Gasteiger partial charge in [0.25, 0.3) is 5.91 Å². The molecule has 0 aliphatic carbocycles. The molecule has 1 amide bonds. The number of carbonyl (C=O) groups is 3. The first kappa shape index (κ1) is 19.8. The van der Waals surface area contributed by atoms with Gasteiger partial charge in [0, 0.05) is 5.56 Å². The molecule has 27 heavy (non-hydrogen) atoms. The van der Waals surface area contributed by atoms with Crippen LogP contribution in [0.2, 0.25) is 0 Å². The third kappa shape index (κ3) is 5.46. The summed E-state index contributed by atoms with van der Waals surface area (Å²) in [6.07, 6.45) is 0. The first-order valence-corrected chi connectivity index (χ1v) is 7.88. The number of methoxy groups -OCH3 is 2. The highest BCUT2D eigenvalue weighted by molar-refractivity contribution is 5.99. The molecule has 0 unspecified atom stereocenters. The fourth-order valence-corrected chi connectivity index (χ4v) is 2.15. The van der Waals surface area contributed by atoms with Gasteiger partial charge in [-0.2, -0.15) is 0 Å². The Kier molecular flexibility index (Phi) is 6.76. The molecule has 2 rings (SSSR count). The van der Waals surface area contributed by atoms with Crippen molar-refractivity contribution >= 4 is 17.7 Å². The standard InChI is InChI=1S/C19H19NO7/c1-24-16-8-5-13(9-17(16)25-2)15(21)10-27-19(23)12-3-6-14(7-4-12)26-11-18(20)22/h3-9H,10-11H2,1-2H3,(H2,20,22). The highest BCUT2D eigenvalue weighted by atomic mass is 16.5. The number of rotatable bonds is 9. The number of ketones is 1. The van der Waals surface area contributed by atoms with E-state index >= 15 is 0 Å². The van der Waals surface area contributed by atoms with E-state index in [0.29, 0.717) is 22.8 Å². The molecular formula is C19H19NO7. The molecule has 2 aromatic carbocycles. The van der Waals surface area contributed by atoms with E-state index in [9.17, 15) is 14.4 Å². The maximum absolute atomic E-state index is 12.2. The predicted molar refractivity (Wildman–Crippen MR) is 95.3 cm³/mol. The maximum Gasteiger partial charge on any atom is 0.338 e. The van der Waals surface area contributed by atoms with Gasteiger partial charge in [-0.25, -0.2) is 4.79 Å². The average Bonchev–Trinajstić information content (AvgIpc) is 2.69. The van der Waals surface area contributed by atoms with Gasteiger partial charge in [-0.3, -0.25) is 9.59 Å². The minimum absolute atomic E-state index is 0.238. The van der Waals surface area contributed by atoms with Gasteiger partial charge < -0.3 is 24.7 Å². The average molecular weight is 373 g/mol. The van der Waals surface area contributed by atoms with E-state index in [-0.39, 0.29) is 18.0 Å². The molecule has 0 heterocycles. The number of carbonyl (C=O) groups excluding carboxylic acids is 3. The Labute approximate surface area is 155 Å². The summed E-state index contributed by atoms with van der Waals surface area (Å²) in [4.78, 5) is 34.9. The van der Waals surface area contributed by atoms with Crippen molar-refractivity contribution in [3.63, 3.8) is 0 Å². The second kappa shape index (κ2) is 9.23. The van der Waals surface area contributed by atoms with Crippen molar-refractivity contribution in [3.05, 3.63) is 53.6 Å². The van der Waals surface area contributed by atoms with Gasteiger partial charge in [-0.15, -0.1) is 0 Å². The van der Waals surface area contributed by atoms with E-state index in [2.05, 4.69) is 0 Å². The van der Waals surface area contributed by atoms with Gasteiger partial charge in [0.05, 0.1) is 19.8 Å². The third-order valence-electron chi connectivity index (χ3n) is 3.51. The molecule has 0 fully saturated rings. The Morgan fingerprint density at radius 3 is 2.07 bits per heavy atom. The second-order valence-electron chi connectivity index (χ2n) is 5.35. The Bertz CT molecular complexity index is 830. The van der Waals surface area contributed by atoms with Gasteiger partial charge in [-0.1, -0.05) is 0 Å². The quantitative estimate of drug-likeness (QED) is 0.524. The van der Waals surface area contributed by atoms with Crippen molar-refractivity contribution in [2.75, 3.05) is 27.4 Å². The number of primary amides is 1. The maximum atomic E-state index is 12.2. The molecule has 0 saturated heterocycles. The normalized spacial score (nSPS) is 10.0. The number of Topliss-reactive ketones (excluding diaryl/α,β-unsaturated/α-hetero) is 1. The number of benzene rings is 2. The van der Waals surface area contributed by atoms with E-state index in [1.54, 1.807) is 12.1 Å². The summed E-state index contributed by atoms with van der Waals surface area (Å²) in [5, 5.41) is 0. The first-order valence-electron chi connectivity index (χ1n) is 7.88. The van der Waals surface area contributed by atoms with E-state index in [0.717, 1.165) is 0 Å². The summed E-state index contributed by atoms with van der Waals surface area (Å²) in [6.45, 7) is -0.683. The van der Waals surface area contributed by atoms with Crippen LogP contribution in [0.3, 0.4) is 0 Å². The Hall–Kier alpha value is -3.55. The molecule has 0 saturated carbocycles. The Balaban J connectivity index is 1.94. The lowest BCUT2D eigenvalue weighted by molar-refractivity contribution is -0.119. The van der Waals surface area contributed by atoms with Gasteiger partial charge in [0.1, 0.15) is 5.75 Å². The predicted octanol–water partition coefficient (Wildman–Crippen LogP) is 1.61. The van der Waals surface area contributed by atoms with Crippen LogP contribution in [0.25, 0.3) is 0 Å². The van der Waals surface area contributed by atoms with Gasteiger partial charge in [0.2, 0.25) is 0 Å². The van der Waals surface area contributed by atoms with Crippen LogP contribution < -0.4 is 19.9 Å². The van der Waals surface area contributed by atoms with Crippen LogP contribution in [0.5, 0.6) is 17.2 Å². The summed E-state index contributed by atoms with van der Waals surface area (Å²) in [7, 11) is 2.95. The van der Waals surface area contributed by atoms with Gasteiger partial charge >= 0.3 is 5.97 Å². The molecule has 0 aliphatic heterocycles. The minimum atomic E-state index is -0.662. The number of hydrogen-bond acceptors (Lipinski definition) is 7. The first-order chi connectivity index (χ1) is 12.9. The lowest BCUT2D eigenvalue weighted by atomic mass is 10.1. The molecule has 0 radical (unpaired) electrons. The van der Waals surface area contributed by atoms with E-state index in [4.69, 9.17) is 24.7 Å². The van der Waals surface area contributed by atoms with Crippen molar-refractivity contribution in [1.29, 1.82) is 0 Å². The van der Waals surface area contributed by atoms with Crippen molar-refractivity contribution in [3.8, 4) is 17.2 Å². The zero-order valence-electron chi connectivity index (χ0n) is 14.9. The monoisotopic (exact) mass is 373 g/mol. The molecule has 2 N–H and O–H groups in total. The van der Waals surface area contributed by atoms with Crippen LogP contribution >= 0.6 is 0 Å². The van der Waals surface area contributed by atoms with Crippen LogP contribution in [0, 0.1) is 0 Å². The van der Waals surface area contributed by atoms with Crippen molar-refractivity contribution in [2.24, 2.45) is 5.73 Å². The fourth-order valence-electron chi connectivity index (χ4n) is 2.15. The van der Waals surface area contributed by atoms with E-state index in [1.807, 2.05) is 0 Å². The lowest BCUT2D eigenvalue weighted by Gasteiger charge is -2.09. The zero-order valence-corrected chi connectivity index (χ0v) is 14.9. The molecule has 0 atom stereocenters. The molecule has 0 spiro atoms. The molecule has 2 aromatic rings. The van der Waals surface area contributed by atoms with Crippen LogP contribution in [0.15, 0.2) is 42.5 Å². The van der Waals surface area contributed by atoms with E-state index in [1.165, 1.54) is 44.6 Å². The lowest BCUT2D eigenvalue weighted by Crippen LogP contribution is -2.20. The van der Waals surface area contributed by atoms with Crippen molar-refractivity contribution in [1.82, 2.24) is 0 Å². The molecular weight excluding hydrogens is 354 g/mol. The number of ether oxygens (including phenoxy) is 4. The fraction of sp³-hybridized carbons (Fsp3) is 0.211. The second-order valence-corrected chi connectivity index (χ2v) is 5.35. The Morgan fingerprint density at radius 1 is 0.852 bits per heavy atom. The molecule has 142 valence electrons. The highest BCUT2D eigenvalue weighted by Gasteiger charge is 2.14. The number of amides is 1. The largest absolute Gasteiger partial charge is 0.493 e. The summed E-state index contributed by atoms with van der Waals surface area (Å²) in [5.74, 6) is -0.374. The van der Waals surface area contributed by atoms with Crippen LogP contribution in [0.4, 0.5) is 0 Å². The highest BCUT2D eigenvalue weighted by Crippen LogP contribution is 2.27. The van der Waals surface area contributed by atoms with Crippen LogP contribution in [0.1, 0.15) is 20.7 Å². The topological polar surface area (TPSA) is 114 Å². The minimum Gasteiger partial charge on any atom is -0.493 e.